The van der Waals surface area contributed by atoms with E-state index in [0.29, 0.717) is 6.73 Å². The number of hydroxylamine groups is 2. The molecule has 0 amide bonds. The van der Waals surface area contributed by atoms with Crippen LogP contribution < -0.4 is 0 Å². The Hall–Kier alpha value is -0.700. The minimum absolute atomic E-state index is 0.516. The number of hydrogen-bond donors (Lipinski definition) is 0. The van der Waals surface area contributed by atoms with E-state index in [4.69, 9.17) is 9.57 Å². The van der Waals surface area contributed by atoms with Crippen molar-refractivity contribution in [2.75, 3.05) is 13.8 Å². The third kappa shape index (κ3) is 0.924. The van der Waals surface area contributed by atoms with Gasteiger partial charge in [0.25, 0.3) is 0 Å². The highest BCUT2D eigenvalue weighted by atomic mass is 16.7. The lowest BCUT2D eigenvalue weighted by molar-refractivity contribution is -0.118. The van der Waals surface area contributed by atoms with Crippen molar-refractivity contribution < 1.29 is 9.57 Å². The molecule has 0 bridgehead atoms. The fourth-order valence-electron chi connectivity index (χ4n) is 0.548. The highest BCUT2D eigenvalue weighted by molar-refractivity contribution is 4.89. The van der Waals surface area contributed by atoms with E-state index < -0.39 is 0 Å². The van der Waals surface area contributed by atoms with Gasteiger partial charge in [0, 0.05) is 0 Å². The lowest BCUT2D eigenvalue weighted by Crippen LogP contribution is -2.12. The van der Waals surface area contributed by atoms with Crippen molar-refractivity contribution in [1.82, 2.24) is 5.06 Å². The van der Waals surface area contributed by atoms with Crippen molar-refractivity contribution in [3.63, 3.8) is 0 Å². The first kappa shape index (κ1) is 5.44. The van der Waals surface area contributed by atoms with E-state index in [9.17, 15) is 0 Å². The Morgan fingerprint density at radius 1 is 1.88 bits per heavy atom. The Balaban J connectivity index is 2.41. The molecule has 0 radical (unpaired) electrons. The van der Waals surface area contributed by atoms with Gasteiger partial charge in [-0.05, 0) is 6.92 Å². The van der Waals surface area contributed by atoms with E-state index >= 15 is 0 Å². The van der Waals surface area contributed by atoms with Gasteiger partial charge in [-0.25, -0.2) is 5.06 Å². The SMILES string of the molecule is CON1C=C(C)OC1. The molecule has 3 heteroatoms. The molecule has 0 aliphatic carbocycles. The van der Waals surface area contributed by atoms with Gasteiger partial charge in [-0.15, -0.1) is 0 Å². The lowest BCUT2D eigenvalue weighted by atomic mass is 10.6. The summed E-state index contributed by atoms with van der Waals surface area (Å²) in [4.78, 5) is 4.81. The molecule has 1 aliphatic rings. The summed E-state index contributed by atoms with van der Waals surface area (Å²) in [6, 6.07) is 0. The molecule has 0 aromatic heterocycles. The molecule has 0 aromatic rings. The molecule has 0 atom stereocenters. The molecule has 0 fully saturated rings. The van der Waals surface area contributed by atoms with Gasteiger partial charge in [-0.2, -0.15) is 0 Å². The van der Waals surface area contributed by atoms with Crippen molar-refractivity contribution in [3.8, 4) is 0 Å². The van der Waals surface area contributed by atoms with Crippen LogP contribution in [0.4, 0.5) is 0 Å². The highest BCUT2D eigenvalue weighted by Gasteiger charge is 2.06. The maximum atomic E-state index is 5.02. The van der Waals surface area contributed by atoms with Crippen LogP contribution >= 0.6 is 0 Å². The smallest absolute Gasteiger partial charge is 0.184 e. The number of hydrogen-bond acceptors (Lipinski definition) is 3. The van der Waals surface area contributed by atoms with E-state index in [1.54, 1.807) is 18.4 Å². The van der Waals surface area contributed by atoms with Crippen LogP contribution in [-0.2, 0) is 9.57 Å². The monoisotopic (exact) mass is 115 g/mol. The molecule has 8 heavy (non-hydrogen) atoms. The van der Waals surface area contributed by atoms with Crippen molar-refractivity contribution in [3.05, 3.63) is 12.0 Å². The maximum absolute atomic E-state index is 5.02. The van der Waals surface area contributed by atoms with Crippen LogP contribution in [0.1, 0.15) is 6.92 Å². The van der Waals surface area contributed by atoms with Crippen LogP contribution in [0, 0.1) is 0 Å². The topological polar surface area (TPSA) is 21.7 Å². The molecule has 0 unspecified atom stereocenters. The van der Waals surface area contributed by atoms with Gasteiger partial charge in [0.1, 0.15) is 5.76 Å². The Morgan fingerprint density at radius 2 is 2.62 bits per heavy atom. The average molecular weight is 115 g/mol. The molecule has 1 heterocycles. The lowest BCUT2D eigenvalue weighted by Gasteiger charge is -2.07. The van der Waals surface area contributed by atoms with Crippen molar-refractivity contribution >= 4 is 0 Å². The second kappa shape index (κ2) is 2.05. The summed E-state index contributed by atoms with van der Waals surface area (Å²) in [5, 5.41) is 1.62. The average Bonchev–Trinajstić information content (AvgIpc) is 2.14. The van der Waals surface area contributed by atoms with Gasteiger partial charge in [0.2, 0.25) is 0 Å². The summed E-state index contributed by atoms with van der Waals surface area (Å²) in [7, 11) is 1.61. The van der Waals surface area contributed by atoms with E-state index in [1.807, 2.05) is 6.92 Å². The molecule has 46 valence electrons. The first-order valence-corrected chi connectivity index (χ1v) is 2.45. The molecule has 0 aromatic carbocycles. The molecule has 0 spiro atoms. The Morgan fingerprint density at radius 3 is 2.88 bits per heavy atom. The highest BCUT2D eigenvalue weighted by Crippen LogP contribution is 2.07. The van der Waals surface area contributed by atoms with E-state index in [1.165, 1.54) is 0 Å². The van der Waals surface area contributed by atoms with Crippen LogP contribution in [0.2, 0.25) is 0 Å². The number of rotatable bonds is 1. The molecule has 1 aliphatic heterocycles. The van der Waals surface area contributed by atoms with Crippen molar-refractivity contribution in [2.45, 2.75) is 6.92 Å². The van der Waals surface area contributed by atoms with Gasteiger partial charge in [-0.1, -0.05) is 0 Å². The van der Waals surface area contributed by atoms with Gasteiger partial charge in [0.05, 0.1) is 13.3 Å². The van der Waals surface area contributed by atoms with E-state index in [-0.39, 0.29) is 0 Å². The van der Waals surface area contributed by atoms with Crippen LogP contribution in [0.25, 0.3) is 0 Å². The molecule has 3 nitrogen and oxygen atoms in total. The number of ether oxygens (including phenoxy) is 1. The fourth-order valence-corrected chi connectivity index (χ4v) is 0.548. The van der Waals surface area contributed by atoms with Crippen LogP contribution in [0.15, 0.2) is 12.0 Å². The van der Waals surface area contributed by atoms with Gasteiger partial charge in [0.15, 0.2) is 6.73 Å². The van der Waals surface area contributed by atoms with Gasteiger partial charge in [-0.3, -0.25) is 4.84 Å². The number of allylic oxidation sites excluding steroid dienone is 1. The molecular weight excluding hydrogens is 106 g/mol. The van der Waals surface area contributed by atoms with Crippen LogP contribution in [-0.4, -0.2) is 18.9 Å². The molecule has 0 saturated carbocycles. The molecule has 1 rings (SSSR count). The van der Waals surface area contributed by atoms with E-state index in [0.717, 1.165) is 5.76 Å². The zero-order valence-electron chi connectivity index (χ0n) is 5.05. The first-order chi connectivity index (χ1) is 3.83. The largest absolute Gasteiger partial charge is 0.474 e. The molecular formula is C5H9NO2. The second-order valence-electron chi connectivity index (χ2n) is 1.61. The van der Waals surface area contributed by atoms with Gasteiger partial charge < -0.3 is 4.74 Å². The zero-order valence-corrected chi connectivity index (χ0v) is 5.05. The van der Waals surface area contributed by atoms with Crippen molar-refractivity contribution in [2.24, 2.45) is 0 Å². The minimum atomic E-state index is 0.516. The maximum Gasteiger partial charge on any atom is 0.184 e. The Labute approximate surface area is 48.4 Å². The Bertz CT molecular complexity index is 111. The zero-order chi connectivity index (χ0) is 5.98. The number of nitrogens with zero attached hydrogens (tertiary/aromatic N) is 1. The fraction of sp³-hybridized carbons (Fsp3) is 0.600. The molecule has 0 N–H and O–H groups in total. The minimum Gasteiger partial charge on any atom is -0.474 e. The summed E-state index contributed by atoms with van der Waals surface area (Å²) in [5.41, 5.74) is 0. The van der Waals surface area contributed by atoms with Crippen LogP contribution in [0.3, 0.4) is 0 Å². The standard InChI is InChI=1S/C5H9NO2/c1-5-3-6(7-2)4-8-5/h3H,4H2,1-2H3. The quantitative estimate of drug-likeness (QED) is 0.502. The van der Waals surface area contributed by atoms with Crippen LogP contribution in [0.5, 0.6) is 0 Å². The third-order valence-corrected chi connectivity index (χ3v) is 0.980. The van der Waals surface area contributed by atoms with Gasteiger partial charge >= 0.3 is 0 Å². The summed E-state index contributed by atoms with van der Waals surface area (Å²) in [5.74, 6) is 0.895. The predicted octanol–water partition coefficient (Wildman–Crippen LogP) is 0.699. The van der Waals surface area contributed by atoms with E-state index in [2.05, 4.69) is 0 Å². The molecule has 0 saturated heterocycles. The Kier molecular flexibility index (Phi) is 1.39. The summed E-state index contributed by atoms with van der Waals surface area (Å²) >= 11 is 0. The normalized spacial score (nSPS) is 18.2. The van der Waals surface area contributed by atoms with Crippen molar-refractivity contribution in [1.29, 1.82) is 0 Å². The first-order valence-electron chi connectivity index (χ1n) is 2.45. The summed E-state index contributed by atoms with van der Waals surface area (Å²) in [6.07, 6.45) is 1.81. The second-order valence-corrected chi connectivity index (χ2v) is 1.61. The predicted molar refractivity (Wildman–Crippen MR) is 28.6 cm³/mol. The third-order valence-electron chi connectivity index (χ3n) is 0.980. The summed E-state index contributed by atoms with van der Waals surface area (Å²) in [6.45, 7) is 2.40. The summed E-state index contributed by atoms with van der Waals surface area (Å²) < 4.78 is 5.02.